The van der Waals surface area contributed by atoms with Crippen molar-refractivity contribution in [2.45, 2.75) is 44.3 Å². The normalized spacial score (nSPS) is 28.6. The zero-order chi connectivity index (χ0) is 13.4. The topological polar surface area (TPSA) is 26.0 Å². The summed E-state index contributed by atoms with van der Waals surface area (Å²) in [5.74, 6) is 0.570. The monoisotopic (exact) mass is 257 g/mol. The van der Waals surface area contributed by atoms with Crippen molar-refractivity contribution in [3.8, 4) is 0 Å². The molecule has 1 saturated carbocycles. The highest BCUT2D eigenvalue weighted by atomic mass is 19.4. The molecule has 1 aliphatic carbocycles. The van der Waals surface area contributed by atoms with Crippen molar-refractivity contribution in [1.29, 1.82) is 0 Å². The van der Waals surface area contributed by atoms with Crippen molar-refractivity contribution in [2.75, 3.05) is 0 Å². The summed E-state index contributed by atoms with van der Waals surface area (Å²) in [4.78, 5) is 0. The summed E-state index contributed by atoms with van der Waals surface area (Å²) < 4.78 is 37.8. The lowest BCUT2D eigenvalue weighted by Gasteiger charge is -2.24. The molecule has 1 nitrogen and oxygen atoms in total. The van der Waals surface area contributed by atoms with Gasteiger partial charge in [0.25, 0.3) is 0 Å². The Kier molecular flexibility index (Phi) is 3.41. The smallest absolute Gasteiger partial charge is 0.325 e. The third kappa shape index (κ3) is 3.05. The minimum Gasteiger partial charge on any atom is -0.325 e. The van der Waals surface area contributed by atoms with Crippen LogP contribution in [0.4, 0.5) is 13.2 Å². The molecule has 0 amide bonds. The first-order valence-corrected chi connectivity index (χ1v) is 6.24. The number of hydrogen-bond donors (Lipinski definition) is 1. The highest BCUT2D eigenvalue weighted by Crippen LogP contribution is 2.36. The second kappa shape index (κ2) is 4.57. The Morgan fingerprint density at radius 2 is 2.11 bits per heavy atom. The van der Waals surface area contributed by atoms with Gasteiger partial charge < -0.3 is 5.73 Å². The van der Waals surface area contributed by atoms with Crippen molar-refractivity contribution in [3.63, 3.8) is 0 Å². The van der Waals surface area contributed by atoms with Crippen LogP contribution in [0.3, 0.4) is 0 Å². The van der Waals surface area contributed by atoms with E-state index in [0.717, 1.165) is 25.3 Å². The molecular weight excluding hydrogens is 239 g/mol. The minimum atomic E-state index is -4.28. The summed E-state index contributed by atoms with van der Waals surface area (Å²) in [6.45, 7) is 2.14. The first-order valence-electron chi connectivity index (χ1n) is 6.24. The number of nitrogens with two attached hydrogens (primary N) is 1. The first kappa shape index (κ1) is 13.4. The van der Waals surface area contributed by atoms with E-state index in [2.05, 4.69) is 6.92 Å². The Morgan fingerprint density at radius 3 is 2.67 bits per heavy atom. The average molecular weight is 257 g/mol. The highest BCUT2D eigenvalue weighted by molar-refractivity contribution is 5.27. The van der Waals surface area contributed by atoms with Crippen LogP contribution in [0, 0.1) is 5.92 Å². The zero-order valence-corrected chi connectivity index (χ0v) is 10.4. The van der Waals surface area contributed by atoms with Gasteiger partial charge in [0.05, 0.1) is 5.56 Å². The van der Waals surface area contributed by atoms with E-state index in [1.807, 2.05) is 0 Å². The first-order chi connectivity index (χ1) is 8.28. The van der Waals surface area contributed by atoms with Gasteiger partial charge in [-0.25, -0.2) is 0 Å². The fraction of sp³-hybridized carbons (Fsp3) is 0.571. The summed E-state index contributed by atoms with van der Waals surface area (Å²) in [6, 6.07) is 5.51. The zero-order valence-electron chi connectivity index (χ0n) is 10.4. The fourth-order valence-corrected chi connectivity index (χ4v) is 2.86. The Hall–Kier alpha value is -1.03. The lowest BCUT2D eigenvalue weighted by atomic mass is 9.89. The van der Waals surface area contributed by atoms with Crippen LogP contribution in [0.5, 0.6) is 0 Å². The predicted molar refractivity (Wildman–Crippen MR) is 65.1 cm³/mol. The van der Waals surface area contributed by atoms with Crippen LogP contribution in [-0.2, 0) is 12.6 Å². The van der Waals surface area contributed by atoms with Crippen molar-refractivity contribution in [1.82, 2.24) is 0 Å². The minimum absolute atomic E-state index is 0.330. The van der Waals surface area contributed by atoms with E-state index in [-0.39, 0.29) is 5.54 Å². The van der Waals surface area contributed by atoms with E-state index >= 15 is 0 Å². The van der Waals surface area contributed by atoms with Crippen LogP contribution < -0.4 is 5.73 Å². The van der Waals surface area contributed by atoms with Crippen LogP contribution in [-0.4, -0.2) is 5.54 Å². The molecule has 0 saturated heterocycles. The van der Waals surface area contributed by atoms with E-state index in [0.29, 0.717) is 17.9 Å². The molecule has 0 aliphatic heterocycles. The molecule has 2 atom stereocenters. The van der Waals surface area contributed by atoms with Crippen LogP contribution in [0.1, 0.15) is 37.3 Å². The molecule has 0 spiro atoms. The van der Waals surface area contributed by atoms with Gasteiger partial charge in [0.1, 0.15) is 0 Å². The van der Waals surface area contributed by atoms with Crippen LogP contribution in [0.2, 0.25) is 0 Å². The second-order valence-electron chi connectivity index (χ2n) is 5.59. The Balaban J connectivity index is 2.15. The van der Waals surface area contributed by atoms with Gasteiger partial charge in [-0.15, -0.1) is 0 Å². The number of rotatable bonds is 2. The summed E-state index contributed by atoms with van der Waals surface area (Å²) in [7, 11) is 0. The van der Waals surface area contributed by atoms with E-state index in [9.17, 15) is 13.2 Å². The molecule has 2 unspecified atom stereocenters. The third-order valence-corrected chi connectivity index (χ3v) is 3.70. The molecular formula is C14H18F3N. The molecule has 1 aliphatic rings. The van der Waals surface area contributed by atoms with Gasteiger partial charge in [-0.3, -0.25) is 0 Å². The summed E-state index contributed by atoms with van der Waals surface area (Å²) in [5.41, 5.74) is 6.02. The molecule has 100 valence electrons. The van der Waals surface area contributed by atoms with Gasteiger partial charge in [0, 0.05) is 5.54 Å². The SMILES string of the molecule is CC1CCC(N)(Cc2cccc(C(F)(F)F)c2)C1. The van der Waals surface area contributed by atoms with Crippen molar-refractivity contribution in [3.05, 3.63) is 35.4 Å². The molecule has 4 heteroatoms. The van der Waals surface area contributed by atoms with Crippen molar-refractivity contribution >= 4 is 0 Å². The fourth-order valence-electron chi connectivity index (χ4n) is 2.86. The molecule has 18 heavy (non-hydrogen) atoms. The van der Waals surface area contributed by atoms with Crippen molar-refractivity contribution < 1.29 is 13.2 Å². The summed E-state index contributed by atoms with van der Waals surface area (Å²) in [6.07, 6.45) is -0.898. The Bertz CT molecular complexity index is 427. The highest BCUT2D eigenvalue weighted by Gasteiger charge is 2.35. The van der Waals surface area contributed by atoms with E-state index in [1.54, 1.807) is 6.07 Å². The maximum absolute atomic E-state index is 12.6. The van der Waals surface area contributed by atoms with Gasteiger partial charge in [-0.05, 0) is 43.2 Å². The number of benzene rings is 1. The van der Waals surface area contributed by atoms with Gasteiger partial charge in [-0.1, -0.05) is 25.1 Å². The van der Waals surface area contributed by atoms with Gasteiger partial charge >= 0.3 is 6.18 Å². The standard InChI is InChI=1S/C14H18F3N/c1-10-5-6-13(18,8-10)9-11-3-2-4-12(7-11)14(15,16)17/h2-4,7,10H,5-6,8-9,18H2,1H3. The van der Waals surface area contributed by atoms with Crippen molar-refractivity contribution in [2.24, 2.45) is 11.7 Å². The molecule has 2 rings (SSSR count). The van der Waals surface area contributed by atoms with E-state index in [4.69, 9.17) is 5.73 Å². The Labute approximate surface area is 105 Å². The molecule has 1 aromatic rings. The summed E-state index contributed by atoms with van der Waals surface area (Å²) in [5, 5.41) is 0. The largest absolute Gasteiger partial charge is 0.416 e. The third-order valence-electron chi connectivity index (χ3n) is 3.70. The number of halogens is 3. The van der Waals surface area contributed by atoms with Gasteiger partial charge in [0.15, 0.2) is 0 Å². The molecule has 0 bridgehead atoms. The Morgan fingerprint density at radius 1 is 1.39 bits per heavy atom. The lowest BCUT2D eigenvalue weighted by Crippen LogP contribution is -2.39. The summed E-state index contributed by atoms with van der Waals surface area (Å²) >= 11 is 0. The molecule has 0 radical (unpaired) electrons. The molecule has 1 fully saturated rings. The van der Waals surface area contributed by atoms with Gasteiger partial charge in [0.2, 0.25) is 0 Å². The maximum atomic E-state index is 12.6. The van der Waals surface area contributed by atoms with Crippen LogP contribution in [0.25, 0.3) is 0 Å². The van der Waals surface area contributed by atoms with Crippen LogP contribution >= 0.6 is 0 Å². The molecule has 1 aromatic carbocycles. The second-order valence-corrected chi connectivity index (χ2v) is 5.59. The van der Waals surface area contributed by atoms with Gasteiger partial charge in [-0.2, -0.15) is 13.2 Å². The average Bonchev–Trinajstić information content (AvgIpc) is 2.57. The van der Waals surface area contributed by atoms with Crippen LogP contribution in [0.15, 0.2) is 24.3 Å². The number of alkyl halides is 3. The van der Waals surface area contributed by atoms with E-state index in [1.165, 1.54) is 12.1 Å². The lowest BCUT2D eigenvalue weighted by molar-refractivity contribution is -0.137. The molecule has 0 heterocycles. The molecule has 2 N–H and O–H groups in total. The quantitative estimate of drug-likeness (QED) is 0.857. The predicted octanol–water partition coefficient (Wildman–Crippen LogP) is 3.77. The molecule has 0 aromatic heterocycles. The number of hydrogen-bond acceptors (Lipinski definition) is 1. The van der Waals surface area contributed by atoms with E-state index < -0.39 is 11.7 Å². The maximum Gasteiger partial charge on any atom is 0.416 e.